The summed E-state index contributed by atoms with van der Waals surface area (Å²) in [5.41, 5.74) is 0.0961. The van der Waals surface area contributed by atoms with Crippen molar-refractivity contribution in [2.45, 2.75) is 6.54 Å². The second-order valence-electron chi connectivity index (χ2n) is 3.69. The quantitative estimate of drug-likeness (QED) is 0.648. The number of halogens is 4. The summed E-state index contributed by atoms with van der Waals surface area (Å²) in [6.45, 7) is -0.0192. The number of nitrogens with one attached hydrogen (secondary N) is 1. The van der Waals surface area contributed by atoms with Crippen LogP contribution in [0.3, 0.4) is 0 Å². The van der Waals surface area contributed by atoms with Crippen LogP contribution in [0.15, 0.2) is 36.4 Å². The van der Waals surface area contributed by atoms with Crippen LogP contribution in [0.5, 0.6) is 0 Å². The summed E-state index contributed by atoms with van der Waals surface area (Å²) in [5, 5.41) is 2.52. The first-order valence-electron chi connectivity index (χ1n) is 5.20. The van der Waals surface area contributed by atoms with Crippen LogP contribution >= 0.6 is 0 Å². The molecule has 0 bridgehead atoms. The summed E-state index contributed by atoms with van der Waals surface area (Å²) in [4.78, 5) is 0. The molecule has 0 radical (unpaired) electrons. The Morgan fingerprint density at radius 3 is 2.17 bits per heavy atom. The van der Waals surface area contributed by atoms with Crippen LogP contribution in [-0.2, 0) is 6.54 Å². The lowest BCUT2D eigenvalue weighted by atomic mass is 10.2. The Labute approximate surface area is 101 Å². The Morgan fingerprint density at radius 2 is 1.44 bits per heavy atom. The predicted octanol–water partition coefficient (Wildman–Crippen LogP) is 3.86. The maximum atomic E-state index is 13.3. The van der Waals surface area contributed by atoms with E-state index in [4.69, 9.17) is 0 Å². The molecule has 0 spiro atoms. The van der Waals surface area contributed by atoms with E-state index in [9.17, 15) is 17.6 Å². The van der Waals surface area contributed by atoms with Crippen LogP contribution in [0.25, 0.3) is 0 Å². The van der Waals surface area contributed by atoms with Crippen LogP contribution in [0.1, 0.15) is 5.56 Å². The maximum absolute atomic E-state index is 13.3. The molecule has 94 valence electrons. The van der Waals surface area contributed by atoms with Gasteiger partial charge in [-0.25, -0.2) is 17.6 Å². The summed E-state index contributed by atoms with van der Waals surface area (Å²) in [5.74, 6) is -3.80. The van der Waals surface area contributed by atoms with Gasteiger partial charge in [-0.05, 0) is 6.07 Å². The van der Waals surface area contributed by atoms with Crippen molar-refractivity contribution in [2.75, 3.05) is 5.32 Å². The zero-order valence-electron chi connectivity index (χ0n) is 9.18. The zero-order chi connectivity index (χ0) is 13.1. The highest BCUT2D eigenvalue weighted by Crippen LogP contribution is 2.19. The molecule has 0 aromatic heterocycles. The molecule has 0 heterocycles. The van der Waals surface area contributed by atoms with E-state index < -0.39 is 23.3 Å². The van der Waals surface area contributed by atoms with Crippen molar-refractivity contribution in [1.29, 1.82) is 0 Å². The van der Waals surface area contributed by atoms with E-state index in [0.29, 0.717) is 17.7 Å². The van der Waals surface area contributed by atoms with E-state index in [1.807, 2.05) is 0 Å². The van der Waals surface area contributed by atoms with Gasteiger partial charge in [0.1, 0.15) is 11.6 Å². The molecule has 0 amide bonds. The van der Waals surface area contributed by atoms with E-state index in [1.54, 1.807) is 6.07 Å². The van der Waals surface area contributed by atoms with Gasteiger partial charge in [0, 0.05) is 24.2 Å². The van der Waals surface area contributed by atoms with Crippen molar-refractivity contribution < 1.29 is 17.6 Å². The van der Waals surface area contributed by atoms with Gasteiger partial charge in [0.2, 0.25) is 0 Å². The summed E-state index contributed by atoms with van der Waals surface area (Å²) in [6.07, 6.45) is 0. The van der Waals surface area contributed by atoms with Gasteiger partial charge in [0.05, 0.1) is 5.69 Å². The highest BCUT2D eigenvalue weighted by Gasteiger charge is 2.10. The minimum absolute atomic E-state index is 0.0192. The molecule has 1 N–H and O–H groups in total. The molecule has 0 fully saturated rings. The highest BCUT2D eigenvalue weighted by atomic mass is 19.2. The van der Waals surface area contributed by atoms with Gasteiger partial charge >= 0.3 is 0 Å². The molecule has 0 saturated heterocycles. The van der Waals surface area contributed by atoms with Crippen LogP contribution < -0.4 is 5.32 Å². The average Bonchev–Trinajstić information content (AvgIpc) is 2.34. The Balaban J connectivity index is 2.16. The average molecular weight is 255 g/mol. The van der Waals surface area contributed by atoms with Crippen molar-refractivity contribution >= 4 is 5.69 Å². The van der Waals surface area contributed by atoms with Crippen LogP contribution in [0.2, 0.25) is 0 Å². The van der Waals surface area contributed by atoms with E-state index >= 15 is 0 Å². The van der Waals surface area contributed by atoms with Crippen molar-refractivity contribution in [3.05, 3.63) is 65.2 Å². The Hall–Kier alpha value is -2.04. The number of anilines is 1. The summed E-state index contributed by atoms with van der Waals surface area (Å²) < 4.78 is 52.1. The van der Waals surface area contributed by atoms with E-state index in [0.717, 1.165) is 0 Å². The van der Waals surface area contributed by atoms with Gasteiger partial charge in [-0.15, -0.1) is 0 Å². The SMILES string of the molecule is Fc1cc(F)c(NCc2ccccc2F)cc1F. The molecule has 0 unspecified atom stereocenters. The number of hydrogen-bond acceptors (Lipinski definition) is 1. The third kappa shape index (κ3) is 2.61. The molecule has 0 saturated carbocycles. The Bertz CT molecular complexity index is 569. The Kier molecular flexibility index (Phi) is 3.50. The largest absolute Gasteiger partial charge is 0.378 e. The molecule has 0 atom stereocenters. The molecule has 0 aliphatic rings. The smallest absolute Gasteiger partial charge is 0.161 e. The molecule has 5 heteroatoms. The van der Waals surface area contributed by atoms with Gasteiger partial charge < -0.3 is 5.32 Å². The fourth-order valence-corrected chi connectivity index (χ4v) is 1.49. The van der Waals surface area contributed by atoms with Gasteiger partial charge in [0.15, 0.2) is 11.6 Å². The Morgan fingerprint density at radius 1 is 0.778 bits per heavy atom. The zero-order valence-corrected chi connectivity index (χ0v) is 9.18. The first-order valence-corrected chi connectivity index (χ1v) is 5.20. The van der Waals surface area contributed by atoms with Gasteiger partial charge in [-0.2, -0.15) is 0 Å². The number of hydrogen-bond donors (Lipinski definition) is 1. The second kappa shape index (κ2) is 5.08. The summed E-state index contributed by atoms with van der Waals surface area (Å²) in [6, 6.07) is 7.07. The van der Waals surface area contributed by atoms with E-state index in [1.165, 1.54) is 18.2 Å². The van der Waals surface area contributed by atoms with Crippen molar-refractivity contribution in [3.63, 3.8) is 0 Å². The van der Waals surface area contributed by atoms with Gasteiger partial charge in [-0.3, -0.25) is 0 Å². The first kappa shape index (κ1) is 12.4. The van der Waals surface area contributed by atoms with Crippen LogP contribution in [0.4, 0.5) is 23.2 Å². The van der Waals surface area contributed by atoms with Crippen LogP contribution in [-0.4, -0.2) is 0 Å². The molecule has 0 aliphatic heterocycles. The molecule has 0 aliphatic carbocycles. The third-order valence-electron chi connectivity index (χ3n) is 2.44. The number of rotatable bonds is 3. The lowest BCUT2D eigenvalue weighted by Gasteiger charge is -2.08. The minimum Gasteiger partial charge on any atom is -0.378 e. The molecule has 2 aromatic carbocycles. The van der Waals surface area contributed by atoms with Gasteiger partial charge in [0.25, 0.3) is 0 Å². The van der Waals surface area contributed by atoms with Crippen LogP contribution in [0, 0.1) is 23.3 Å². The topological polar surface area (TPSA) is 12.0 Å². The lowest BCUT2D eigenvalue weighted by molar-refractivity contribution is 0.496. The minimum atomic E-state index is -1.26. The third-order valence-corrected chi connectivity index (χ3v) is 2.44. The van der Waals surface area contributed by atoms with Crippen molar-refractivity contribution in [1.82, 2.24) is 0 Å². The number of benzene rings is 2. The van der Waals surface area contributed by atoms with Crippen molar-refractivity contribution in [3.8, 4) is 0 Å². The highest BCUT2D eigenvalue weighted by molar-refractivity contribution is 5.45. The summed E-state index contributed by atoms with van der Waals surface area (Å²) in [7, 11) is 0. The fraction of sp³-hybridized carbons (Fsp3) is 0.0769. The van der Waals surface area contributed by atoms with E-state index in [2.05, 4.69) is 5.32 Å². The molecule has 2 rings (SSSR count). The standard InChI is InChI=1S/C13H9F4N/c14-9-4-2-1-3-8(9)7-18-13-6-11(16)10(15)5-12(13)17/h1-6,18H,7H2. The molecular weight excluding hydrogens is 246 g/mol. The van der Waals surface area contributed by atoms with Crippen molar-refractivity contribution in [2.24, 2.45) is 0 Å². The van der Waals surface area contributed by atoms with Gasteiger partial charge in [-0.1, -0.05) is 18.2 Å². The molecular formula is C13H9F4N. The molecule has 1 nitrogen and oxygen atoms in total. The first-order chi connectivity index (χ1) is 8.58. The maximum Gasteiger partial charge on any atom is 0.161 e. The predicted molar refractivity (Wildman–Crippen MR) is 60.0 cm³/mol. The molecule has 2 aromatic rings. The summed E-state index contributed by atoms with van der Waals surface area (Å²) >= 11 is 0. The lowest BCUT2D eigenvalue weighted by Crippen LogP contribution is -2.04. The second-order valence-corrected chi connectivity index (χ2v) is 3.69. The van der Waals surface area contributed by atoms with E-state index in [-0.39, 0.29) is 12.2 Å². The normalized spacial score (nSPS) is 10.4. The monoisotopic (exact) mass is 255 g/mol. The fourth-order valence-electron chi connectivity index (χ4n) is 1.49. The molecule has 18 heavy (non-hydrogen) atoms.